The molecule has 3 aromatic rings. The molecule has 1 nitrogen and oxygen atoms in total. The molecule has 0 bridgehead atoms. The van der Waals surface area contributed by atoms with Crippen molar-refractivity contribution in [2.45, 2.75) is 103 Å². The molecule has 0 aliphatic heterocycles. The van der Waals surface area contributed by atoms with Crippen LogP contribution in [0.3, 0.4) is 0 Å². The molecule has 1 N–H and O–H groups in total. The van der Waals surface area contributed by atoms with E-state index in [-0.39, 0.29) is 21.7 Å². The number of anilines is 2. The number of hydrogen-bond donors (Lipinski definition) is 1. The molecule has 1 heteroatoms. The number of nitrogens with one attached hydrogen (secondary N) is 1. The molecule has 0 fully saturated rings. The van der Waals surface area contributed by atoms with Gasteiger partial charge in [-0.3, -0.25) is 0 Å². The number of fused-ring (bicyclic) bond motifs is 2. The summed E-state index contributed by atoms with van der Waals surface area (Å²) in [7, 11) is 0. The van der Waals surface area contributed by atoms with Gasteiger partial charge in [-0.1, -0.05) is 97.9 Å². The summed E-state index contributed by atoms with van der Waals surface area (Å²) in [6, 6.07) is 22.8. The van der Waals surface area contributed by atoms with Gasteiger partial charge in [-0.2, -0.15) is 0 Å². The van der Waals surface area contributed by atoms with E-state index in [0.717, 1.165) is 0 Å². The molecular formula is C34H43N. The summed E-state index contributed by atoms with van der Waals surface area (Å²) in [6.07, 6.45) is 4.89. The molecule has 35 heavy (non-hydrogen) atoms. The molecule has 0 saturated carbocycles. The highest BCUT2D eigenvalue weighted by Gasteiger charge is 2.40. The molecule has 2 aliphatic carbocycles. The van der Waals surface area contributed by atoms with Crippen molar-refractivity contribution in [3.05, 3.63) is 82.9 Å². The van der Waals surface area contributed by atoms with E-state index < -0.39 is 0 Å². The van der Waals surface area contributed by atoms with Crippen molar-refractivity contribution in [1.29, 1.82) is 0 Å². The van der Waals surface area contributed by atoms with Crippen LogP contribution in [0.15, 0.2) is 60.7 Å². The van der Waals surface area contributed by atoms with Crippen LogP contribution in [0.25, 0.3) is 11.1 Å². The average molecular weight is 466 g/mol. The first-order chi connectivity index (χ1) is 16.3. The minimum absolute atomic E-state index is 0.150. The van der Waals surface area contributed by atoms with Gasteiger partial charge < -0.3 is 5.32 Å². The lowest BCUT2D eigenvalue weighted by molar-refractivity contribution is 0.332. The highest BCUT2D eigenvalue weighted by atomic mass is 14.9. The molecule has 0 atom stereocenters. The molecule has 0 radical (unpaired) electrons. The minimum atomic E-state index is 0.150. The van der Waals surface area contributed by atoms with E-state index in [1.807, 2.05) is 0 Å². The van der Waals surface area contributed by atoms with E-state index in [1.165, 1.54) is 70.4 Å². The van der Waals surface area contributed by atoms with Crippen LogP contribution in [0.1, 0.15) is 103 Å². The van der Waals surface area contributed by atoms with Gasteiger partial charge in [0.25, 0.3) is 0 Å². The highest BCUT2D eigenvalue weighted by molar-refractivity contribution is 5.84. The minimum Gasteiger partial charge on any atom is -0.355 e. The first-order valence-corrected chi connectivity index (χ1v) is 13.5. The molecule has 0 unspecified atom stereocenters. The van der Waals surface area contributed by atoms with E-state index in [1.54, 1.807) is 0 Å². The predicted molar refractivity (Wildman–Crippen MR) is 152 cm³/mol. The van der Waals surface area contributed by atoms with E-state index in [9.17, 15) is 0 Å². The summed E-state index contributed by atoms with van der Waals surface area (Å²) in [4.78, 5) is 0. The summed E-state index contributed by atoms with van der Waals surface area (Å²) in [5, 5.41) is 4.01. The van der Waals surface area contributed by atoms with Crippen molar-refractivity contribution in [3.8, 4) is 11.1 Å². The molecule has 0 aromatic heterocycles. The Morgan fingerprint density at radius 3 is 1.69 bits per heavy atom. The van der Waals surface area contributed by atoms with Gasteiger partial charge in [-0.15, -0.1) is 0 Å². The molecule has 0 spiro atoms. The third-order valence-electron chi connectivity index (χ3n) is 9.19. The van der Waals surface area contributed by atoms with E-state index >= 15 is 0 Å². The van der Waals surface area contributed by atoms with Crippen molar-refractivity contribution >= 4 is 11.4 Å². The Balaban J connectivity index is 1.74. The topological polar surface area (TPSA) is 12.0 Å². The van der Waals surface area contributed by atoms with Gasteiger partial charge in [0.05, 0.1) is 0 Å². The fraction of sp³-hybridized carbons (Fsp3) is 0.471. The second-order valence-electron chi connectivity index (χ2n) is 13.7. The molecule has 0 amide bonds. The van der Waals surface area contributed by atoms with Crippen LogP contribution in [-0.2, 0) is 21.7 Å². The molecule has 3 aromatic carbocycles. The number of benzene rings is 3. The number of rotatable bonds is 3. The summed E-state index contributed by atoms with van der Waals surface area (Å²) >= 11 is 0. The molecule has 2 aliphatic rings. The Labute approximate surface area is 213 Å². The third-order valence-corrected chi connectivity index (χ3v) is 9.19. The van der Waals surface area contributed by atoms with Gasteiger partial charge >= 0.3 is 0 Å². The van der Waals surface area contributed by atoms with Gasteiger partial charge in [0.2, 0.25) is 0 Å². The first kappa shape index (κ1) is 24.2. The Hall–Kier alpha value is -2.54. The lowest BCUT2D eigenvalue weighted by Crippen LogP contribution is -2.35. The Kier molecular flexibility index (Phi) is 5.51. The number of hydrogen-bond acceptors (Lipinski definition) is 1. The van der Waals surface area contributed by atoms with E-state index in [4.69, 9.17) is 0 Å². The van der Waals surface area contributed by atoms with Crippen molar-refractivity contribution < 1.29 is 0 Å². The maximum atomic E-state index is 4.01. The lowest BCUT2D eigenvalue weighted by Gasteiger charge is -2.44. The smallest absolute Gasteiger partial charge is 0.0467 e. The Morgan fingerprint density at radius 2 is 1.06 bits per heavy atom. The normalized spacial score (nSPS) is 21.0. The van der Waals surface area contributed by atoms with Gasteiger partial charge in [-0.05, 0) is 93.4 Å². The maximum Gasteiger partial charge on any atom is 0.0467 e. The van der Waals surface area contributed by atoms with Crippen molar-refractivity contribution in [3.63, 3.8) is 0 Å². The van der Waals surface area contributed by atoms with Crippen LogP contribution in [0.4, 0.5) is 11.4 Å². The zero-order valence-electron chi connectivity index (χ0n) is 23.1. The van der Waals surface area contributed by atoms with Crippen LogP contribution < -0.4 is 5.32 Å². The van der Waals surface area contributed by atoms with Crippen LogP contribution in [0.2, 0.25) is 0 Å². The van der Waals surface area contributed by atoms with Gasteiger partial charge in [0.15, 0.2) is 0 Å². The Bertz CT molecular complexity index is 1260. The van der Waals surface area contributed by atoms with Crippen LogP contribution in [0.5, 0.6) is 0 Å². The van der Waals surface area contributed by atoms with Crippen LogP contribution in [-0.4, -0.2) is 0 Å². The van der Waals surface area contributed by atoms with E-state index in [2.05, 4.69) is 121 Å². The summed E-state index contributed by atoms with van der Waals surface area (Å²) in [6.45, 7) is 19.3. The van der Waals surface area contributed by atoms with Gasteiger partial charge in [0, 0.05) is 16.9 Å². The monoisotopic (exact) mass is 465 g/mol. The fourth-order valence-corrected chi connectivity index (χ4v) is 6.55. The molecular weight excluding hydrogens is 422 g/mol. The van der Waals surface area contributed by atoms with Crippen molar-refractivity contribution in [2.24, 2.45) is 0 Å². The van der Waals surface area contributed by atoms with Crippen molar-refractivity contribution in [1.82, 2.24) is 0 Å². The fourth-order valence-electron chi connectivity index (χ4n) is 6.55. The van der Waals surface area contributed by atoms with Crippen molar-refractivity contribution in [2.75, 3.05) is 5.32 Å². The summed E-state index contributed by atoms with van der Waals surface area (Å²) in [5.74, 6) is 0. The lowest BCUT2D eigenvalue weighted by atomic mass is 9.62. The summed E-state index contributed by atoms with van der Waals surface area (Å²) < 4.78 is 0. The molecule has 184 valence electrons. The van der Waals surface area contributed by atoms with E-state index in [0.29, 0.717) is 0 Å². The summed E-state index contributed by atoms with van der Waals surface area (Å²) in [5.41, 5.74) is 11.8. The largest absolute Gasteiger partial charge is 0.355 e. The predicted octanol–water partition coefficient (Wildman–Crippen LogP) is 9.80. The zero-order valence-corrected chi connectivity index (χ0v) is 23.1. The average Bonchev–Trinajstić information content (AvgIpc) is 2.80. The Morgan fingerprint density at radius 1 is 0.514 bits per heavy atom. The molecule has 0 heterocycles. The molecule has 5 rings (SSSR count). The standard InChI is InChI=1S/C34H43N/c1-31(2)19-20-34(7,8)30-25(31)15-12-16-28(30)35-29-22-27-26(32(3,4)17-18-33(27,5)6)21-24(29)23-13-10-9-11-14-23/h9-16,21-22,35H,17-20H2,1-8H3. The molecule has 0 saturated heterocycles. The quantitative estimate of drug-likeness (QED) is 0.406. The van der Waals surface area contributed by atoms with Crippen LogP contribution >= 0.6 is 0 Å². The zero-order chi connectivity index (χ0) is 25.2. The maximum absolute atomic E-state index is 4.01. The third kappa shape index (κ3) is 4.11. The van der Waals surface area contributed by atoms with Crippen LogP contribution in [0, 0.1) is 0 Å². The second-order valence-corrected chi connectivity index (χ2v) is 13.7. The van der Waals surface area contributed by atoms with Gasteiger partial charge in [0.1, 0.15) is 0 Å². The van der Waals surface area contributed by atoms with Gasteiger partial charge in [-0.25, -0.2) is 0 Å². The first-order valence-electron chi connectivity index (χ1n) is 13.5. The second kappa shape index (κ2) is 7.99. The SMILES string of the molecule is CC1(C)CCC(C)(C)c2cc(-c3ccccc3)c(Nc3cccc4c3C(C)(C)CCC4(C)C)cc21. The highest BCUT2D eigenvalue weighted by Crippen LogP contribution is 2.51.